The fraction of sp³-hybridized carbons (Fsp3) is 0.158. The molecule has 0 bridgehead atoms. The lowest BCUT2D eigenvalue weighted by atomic mass is 10.3. The Morgan fingerprint density at radius 2 is 1.71 bits per heavy atom. The van der Waals surface area contributed by atoms with Crippen molar-refractivity contribution in [1.29, 1.82) is 0 Å². The summed E-state index contributed by atoms with van der Waals surface area (Å²) in [6, 6.07) is 14.4. The van der Waals surface area contributed by atoms with Gasteiger partial charge >= 0.3 is 0 Å². The Hall–Kier alpha value is -3.75. The molecule has 0 spiro atoms. The molecule has 2 aromatic carbocycles. The van der Waals surface area contributed by atoms with Crippen LogP contribution in [0.2, 0.25) is 0 Å². The molecular weight excluding hydrogens is 365 g/mol. The summed E-state index contributed by atoms with van der Waals surface area (Å²) in [5.74, 6) is -1.26. The van der Waals surface area contributed by atoms with E-state index >= 15 is 0 Å². The van der Waals surface area contributed by atoms with Crippen LogP contribution in [-0.2, 0) is 4.79 Å². The van der Waals surface area contributed by atoms with Crippen LogP contribution in [0.4, 0.5) is 4.39 Å². The number of hydrogen-bond acceptors (Lipinski definition) is 5. The molecule has 0 radical (unpaired) electrons. The van der Waals surface area contributed by atoms with Gasteiger partial charge in [0.25, 0.3) is 11.8 Å². The Labute approximate surface area is 160 Å². The number of halogens is 1. The molecule has 144 valence electrons. The van der Waals surface area contributed by atoms with Crippen LogP contribution in [0.1, 0.15) is 23.1 Å². The van der Waals surface area contributed by atoms with Gasteiger partial charge in [-0.05, 0) is 50.2 Å². The molecule has 0 fully saturated rings. The van der Waals surface area contributed by atoms with Gasteiger partial charge in [-0.3, -0.25) is 20.4 Å². The molecule has 0 saturated carbocycles. The van der Waals surface area contributed by atoms with E-state index in [0.29, 0.717) is 17.1 Å². The van der Waals surface area contributed by atoms with E-state index in [1.165, 1.54) is 36.0 Å². The van der Waals surface area contributed by atoms with Crippen LogP contribution in [0.3, 0.4) is 0 Å². The average Bonchev–Trinajstić information content (AvgIpc) is 3.10. The number of aromatic nitrogens is 3. The molecule has 0 saturated heterocycles. The maximum absolute atomic E-state index is 12.9. The summed E-state index contributed by atoms with van der Waals surface area (Å²) in [5.41, 5.74) is 5.75. The lowest BCUT2D eigenvalue weighted by Crippen LogP contribution is -2.47. The van der Waals surface area contributed by atoms with Crippen molar-refractivity contribution in [3.05, 3.63) is 71.8 Å². The van der Waals surface area contributed by atoms with Crippen LogP contribution in [0.5, 0.6) is 5.75 Å². The third-order valence-electron chi connectivity index (χ3n) is 3.78. The highest BCUT2D eigenvalue weighted by atomic mass is 19.1. The van der Waals surface area contributed by atoms with Gasteiger partial charge < -0.3 is 4.74 Å². The number of amides is 2. The number of nitrogens with one attached hydrogen (secondary N) is 2. The highest BCUT2D eigenvalue weighted by molar-refractivity contribution is 5.94. The van der Waals surface area contributed by atoms with Gasteiger partial charge in [0, 0.05) is 0 Å². The number of rotatable bonds is 5. The Bertz CT molecular complexity index is 973. The van der Waals surface area contributed by atoms with Crippen molar-refractivity contribution in [1.82, 2.24) is 25.8 Å². The number of benzene rings is 2. The van der Waals surface area contributed by atoms with E-state index in [1.807, 2.05) is 18.2 Å². The van der Waals surface area contributed by atoms with Crippen LogP contribution >= 0.6 is 0 Å². The van der Waals surface area contributed by atoms with E-state index in [0.717, 1.165) is 0 Å². The van der Waals surface area contributed by atoms with Crippen LogP contribution in [0, 0.1) is 12.7 Å². The molecule has 3 aromatic rings. The summed E-state index contributed by atoms with van der Waals surface area (Å²) < 4.78 is 18.3. The van der Waals surface area contributed by atoms with Gasteiger partial charge in [-0.2, -0.15) is 9.90 Å². The SMILES string of the molecule is Cc1nn(-c2ccccc2)nc1C(=O)NNC(=O)C(C)Oc1ccc(F)cc1. The number of nitrogens with zero attached hydrogens (tertiary/aromatic N) is 3. The van der Waals surface area contributed by atoms with E-state index in [9.17, 15) is 14.0 Å². The molecular formula is C19H18FN5O3. The normalized spacial score (nSPS) is 11.5. The van der Waals surface area contributed by atoms with E-state index in [1.54, 1.807) is 19.1 Å². The van der Waals surface area contributed by atoms with Crippen LogP contribution < -0.4 is 15.6 Å². The quantitative estimate of drug-likeness (QED) is 0.656. The summed E-state index contributed by atoms with van der Waals surface area (Å²) in [6.07, 6.45) is -0.910. The Balaban J connectivity index is 1.58. The van der Waals surface area contributed by atoms with Gasteiger partial charge in [-0.25, -0.2) is 4.39 Å². The molecule has 28 heavy (non-hydrogen) atoms. The minimum atomic E-state index is -0.910. The van der Waals surface area contributed by atoms with E-state index in [4.69, 9.17) is 4.74 Å². The molecule has 0 aliphatic heterocycles. The summed E-state index contributed by atoms with van der Waals surface area (Å²) in [5, 5.41) is 8.36. The molecule has 1 unspecified atom stereocenters. The van der Waals surface area contributed by atoms with Gasteiger partial charge in [0.2, 0.25) is 0 Å². The summed E-state index contributed by atoms with van der Waals surface area (Å²) in [6.45, 7) is 3.14. The van der Waals surface area contributed by atoms with Crippen molar-refractivity contribution in [2.75, 3.05) is 0 Å². The lowest BCUT2D eigenvalue weighted by Gasteiger charge is -2.14. The zero-order valence-electron chi connectivity index (χ0n) is 15.2. The first-order valence-electron chi connectivity index (χ1n) is 8.46. The average molecular weight is 383 g/mol. The zero-order valence-corrected chi connectivity index (χ0v) is 15.2. The molecule has 1 heterocycles. The molecule has 9 heteroatoms. The Kier molecular flexibility index (Phi) is 5.64. The molecule has 2 N–H and O–H groups in total. The summed E-state index contributed by atoms with van der Waals surface area (Å²) >= 11 is 0. The predicted molar refractivity (Wildman–Crippen MR) is 98.2 cm³/mol. The first kappa shape index (κ1) is 19.0. The summed E-state index contributed by atoms with van der Waals surface area (Å²) in [7, 11) is 0. The molecule has 0 aliphatic rings. The first-order chi connectivity index (χ1) is 13.4. The lowest BCUT2D eigenvalue weighted by molar-refractivity contribution is -0.128. The van der Waals surface area contributed by atoms with Gasteiger partial charge in [-0.1, -0.05) is 18.2 Å². The topological polar surface area (TPSA) is 98.1 Å². The van der Waals surface area contributed by atoms with Crippen molar-refractivity contribution in [3.8, 4) is 11.4 Å². The monoisotopic (exact) mass is 383 g/mol. The van der Waals surface area contributed by atoms with Crippen molar-refractivity contribution in [2.24, 2.45) is 0 Å². The molecule has 0 aliphatic carbocycles. The van der Waals surface area contributed by atoms with Crippen molar-refractivity contribution < 1.29 is 18.7 Å². The van der Waals surface area contributed by atoms with Gasteiger partial charge in [0.05, 0.1) is 11.4 Å². The number of para-hydroxylation sites is 1. The zero-order chi connectivity index (χ0) is 20.1. The second-order valence-electron chi connectivity index (χ2n) is 5.92. The molecule has 2 amide bonds. The second-order valence-corrected chi connectivity index (χ2v) is 5.92. The largest absolute Gasteiger partial charge is 0.481 e. The van der Waals surface area contributed by atoms with E-state index < -0.39 is 23.7 Å². The maximum Gasteiger partial charge on any atom is 0.292 e. The first-order valence-corrected chi connectivity index (χ1v) is 8.46. The Morgan fingerprint density at radius 3 is 2.39 bits per heavy atom. The van der Waals surface area contributed by atoms with Crippen LogP contribution in [-0.4, -0.2) is 32.9 Å². The molecule has 3 rings (SSSR count). The van der Waals surface area contributed by atoms with Gasteiger partial charge in [-0.15, -0.1) is 5.10 Å². The highest BCUT2D eigenvalue weighted by Gasteiger charge is 2.19. The Morgan fingerprint density at radius 1 is 1.04 bits per heavy atom. The van der Waals surface area contributed by atoms with Crippen LogP contribution in [0.15, 0.2) is 54.6 Å². The van der Waals surface area contributed by atoms with E-state index in [-0.39, 0.29) is 5.69 Å². The molecule has 1 atom stereocenters. The summed E-state index contributed by atoms with van der Waals surface area (Å²) in [4.78, 5) is 25.7. The van der Waals surface area contributed by atoms with Gasteiger partial charge in [0.1, 0.15) is 11.6 Å². The number of carbonyl (C=O) groups is 2. The van der Waals surface area contributed by atoms with Crippen molar-refractivity contribution in [3.63, 3.8) is 0 Å². The number of hydrogen-bond donors (Lipinski definition) is 2. The van der Waals surface area contributed by atoms with Gasteiger partial charge in [0.15, 0.2) is 11.8 Å². The third-order valence-corrected chi connectivity index (χ3v) is 3.78. The predicted octanol–water partition coefficient (Wildman–Crippen LogP) is 1.94. The van der Waals surface area contributed by atoms with E-state index in [2.05, 4.69) is 21.0 Å². The smallest absolute Gasteiger partial charge is 0.292 e. The molecule has 8 nitrogen and oxygen atoms in total. The minimum absolute atomic E-state index is 0.0799. The fourth-order valence-corrected chi connectivity index (χ4v) is 2.32. The maximum atomic E-state index is 12.9. The molecule has 1 aromatic heterocycles. The number of aryl methyl sites for hydroxylation is 1. The highest BCUT2D eigenvalue weighted by Crippen LogP contribution is 2.13. The van der Waals surface area contributed by atoms with Crippen molar-refractivity contribution >= 4 is 11.8 Å². The minimum Gasteiger partial charge on any atom is -0.481 e. The fourth-order valence-electron chi connectivity index (χ4n) is 2.32. The second kappa shape index (κ2) is 8.30. The standard InChI is InChI=1S/C19H18FN5O3/c1-12-17(24-25(23-12)15-6-4-3-5-7-15)19(27)22-21-18(26)13(2)28-16-10-8-14(20)9-11-16/h3-11,13H,1-2H3,(H,21,26)(H,22,27). The number of carbonyl (C=O) groups excluding carboxylic acids is 2. The number of ether oxygens (including phenoxy) is 1. The van der Waals surface area contributed by atoms with Crippen LogP contribution in [0.25, 0.3) is 5.69 Å². The van der Waals surface area contributed by atoms with Crippen molar-refractivity contribution in [2.45, 2.75) is 20.0 Å². The number of hydrazine groups is 1. The third kappa shape index (κ3) is 4.50.